The minimum Gasteiger partial charge on any atom is -0.494 e. The molecule has 1 unspecified atom stereocenters. The molecule has 2 saturated heterocycles. The lowest BCUT2D eigenvalue weighted by atomic mass is 9.78. The van der Waals surface area contributed by atoms with Crippen LogP contribution in [0.5, 0.6) is 5.75 Å². The quantitative estimate of drug-likeness (QED) is 0.310. The highest BCUT2D eigenvalue weighted by atomic mass is 32.2. The topological polar surface area (TPSA) is 90.4 Å². The number of anilines is 1. The number of carbonyl (C=O) groups excluding carboxylic acids is 3. The maximum atomic E-state index is 14.6. The second kappa shape index (κ2) is 13.1. The number of rotatable bonds is 10. The first-order valence-electron chi connectivity index (χ1n) is 16.3. The van der Waals surface area contributed by atoms with Crippen LogP contribution in [0.25, 0.3) is 0 Å². The Kier molecular flexibility index (Phi) is 9.19. The van der Waals surface area contributed by atoms with Crippen LogP contribution in [0, 0.1) is 11.8 Å². The van der Waals surface area contributed by atoms with E-state index >= 15 is 0 Å². The molecule has 5 atom stereocenters. The number of benzene rings is 1. The van der Waals surface area contributed by atoms with E-state index < -0.39 is 22.6 Å². The summed E-state index contributed by atoms with van der Waals surface area (Å²) in [6.45, 7) is 4.17. The Labute approximate surface area is 259 Å². The molecule has 8 nitrogen and oxygen atoms in total. The van der Waals surface area contributed by atoms with Crippen LogP contribution in [0.4, 0.5) is 5.69 Å². The van der Waals surface area contributed by atoms with Gasteiger partial charge in [0.15, 0.2) is 0 Å². The summed E-state index contributed by atoms with van der Waals surface area (Å²) in [5.41, 5.74) is 0.781. The second-order valence-corrected chi connectivity index (χ2v) is 14.0. The Morgan fingerprint density at radius 2 is 1.70 bits per heavy atom. The fourth-order valence-electron chi connectivity index (χ4n) is 7.98. The van der Waals surface area contributed by atoms with Gasteiger partial charge in [0, 0.05) is 43.2 Å². The number of ether oxygens (including phenoxy) is 1. The van der Waals surface area contributed by atoms with E-state index in [1.54, 1.807) is 16.7 Å². The van der Waals surface area contributed by atoms with Crippen molar-refractivity contribution in [2.45, 2.75) is 86.8 Å². The van der Waals surface area contributed by atoms with Gasteiger partial charge in [-0.05, 0) is 56.9 Å². The van der Waals surface area contributed by atoms with Crippen LogP contribution in [-0.4, -0.2) is 87.6 Å². The van der Waals surface area contributed by atoms with E-state index in [0.29, 0.717) is 26.2 Å². The predicted molar refractivity (Wildman–Crippen MR) is 169 cm³/mol. The molecule has 9 heteroatoms. The van der Waals surface area contributed by atoms with Crippen molar-refractivity contribution in [1.29, 1.82) is 0 Å². The Bertz CT molecular complexity index is 1240. The molecule has 5 aliphatic rings. The number of carbonyl (C=O) groups is 3. The van der Waals surface area contributed by atoms with Gasteiger partial charge in [0.2, 0.25) is 17.7 Å². The van der Waals surface area contributed by atoms with Crippen LogP contribution in [0.1, 0.15) is 64.7 Å². The smallest absolute Gasteiger partial charge is 0.247 e. The van der Waals surface area contributed by atoms with Gasteiger partial charge < -0.3 is 24.5 Å². The maximum absolute atomic E-state index is 14.6. The molecule has 3 fully saturated rings. The second-order valence-electron chi connectivity index (χ2n) is 12.5. The van der Waals surface area contributed by atoms with Crippen molar-refractivity contribution < 1.29 is 24.2 Å². The molecule has 232 valence electrons. The van der Waals surface area contributed by atoms with E-state index in [4.69, 9.17) is 4.74 Å². The molecule has 0 aromatic heterocycles. The molecule has 4 aliphatic heterocycles. The zero-order valence-corrected chi connectivity index (χ0v) is 26.1. The predicted octanol–water partition coefficient (Wildman–Crippen LogP) is 4.57. The van der Waals surface area contributed by atoms with Gasteiger partial charge in [-0.1, -0.05) is 56.4 Å². The molecule has 1 N–H and O–H groups in total. The zero-order chi connectivity index (χ0) is 30.0. The van der Waals surface area contributed by atoms with Gasteiger partial charge in [-0.25, -0.2) is 0 Å². The number of likely N-dealkylation sites (tertiary alicyclic amines) is 1. The lowest BCUT2D eigenvalue weighted by Crippen LogP contribution is -2.55. The van der Waals surface area contributed by atoms with E-state index in [0.717, 1.165) is 62.8 Å². The monoisotopic (exact) mass is 607 g/mol. The SMILES string of the molecule is CCOc1ccc(N2CC=C[C@H]3S[C@]45C=CCN(C6CCCCC6)C(=O)C4N(CCCCCCO)C(=O)[C@@H]5[C@H]3C2=O)cc1. The Balaban J connectivity index is 1.33. The standard InChI is InChI=1S/C34H45N3O5S/c1-2-42-26-17-15-25(16-18-26)35-21-10-14-27-28(31(35)39)29-32(40)37(20-8-3-4-9-23-38)30-33(41)36(24-12-6-5-7-13-24)22-11-19-34(29,30)43-27/h10-11,14-19,24,27-30,38H,2-9,12-13,20-23H2,1H3/t27-,28+,29+,30?,34+/m1/s1. The molecule has 6 rings (SSSR count). The summed E-state index contributed by atoms with van der Waals surface area (Å²) in [4.78, 5) is 49.2. The third-order valence-corrected chi connectivity index (χ3v) is 11.7. The molecule has 4 heterocycles. The maximum Gasteiger partial charge on any atom is 0.247 e. The van der Waals surface area contributed by atoms with Crippen molar-refractivity contribution in [2.75, 3.05) is 37.7 Å². The summed E-state index contributed by atoms with van der Waals surface area (Å²) < 4.78 is 4.83. The summed E-state index contributed by atoms with van der Waals surface area (Å²) >= 11 is 1.66. The van der Waals surface area contributed by atoms with Gasteiger partial charge >= 0.3 is 0 Å². The minimum absolute atomic E-state index is 0.0480. The number of nitrogens with zero attached hydrogens (tertiary/aromatic N) is 3. The number of hydrogen-bond acceptors (Lipinski definition) is 6. The minimum atomic E-state index is -0.778. The summed E-state index contributed by atoms with van der Waals surface area (Å²) in [6, 6.07) is 7.17. The molecule has 1 aromatic rings. The van der Waals surface area contributed by atoms with Crippen LogP contribution in [0.2, 0.25) is 0 Å². The lowest BCUT2D eigenvalue weighted by molar-refractivity contribution is -0.144. The average molecular weight is 608 g/mol. The third kappa shape index (κ3) is 5.52. The summed E-state index contributed by atoms with van der Waals surface area (Å²) in [5.74, 6) is -0.469. The van der Waals surface area contributed by atoms with E-state index in [1.165, 1.54) is 6.42 Å². The molecule has 1 saturated carbocycles. The van der Waals surface area contributed by atoms with Gasteiger partial charge in [-0.15, -0.1) is 11.8 Å². The average Bonchev–Trinajstić information content (AvgIpc) is 3.33. The third-order valence-electron chi connectivity index (χ3n) is 9.97. The fourth-order valence-corrected chi connectivity index (χ4v) is 9.99. The van der Waals surface area contributed by atoms with Crippen LogP contribution < -0.4 is 9.64 Å². The molecule has 3 amide bonds. The van der Waals surface area contributed by atoms with E-state index in [2.05, 4.69) is 18.2 Å². The van der Waals surface area contributed by atoms with Gasteiger partial charge in [0.1, 0.15) is 11.8 Å². The van der Waals surface area contributed by atoms with Crippen molar-refractivity contribution in [3.63, 3.8) is 0 Å². The Hall–Kier alpha value is -2.78. The number of unbranched alkanes of at least 4 members (excludes halogenated alkanes) is 3. The molecular weight excluding hydrogens is 562 g/mol. The summed E-state index contributed by atoms with van der Waals surface area (Å²) in [7, 11) is 0. The Morgan fingerprint density at radius 1 is 0.930 bits per heavy atom. The molecule has 1 aliphatic carbocycles. The van der Waals surface area contributed by atoms with E-state index in [9.17, 15) is 19.5 Å². The van der Waals surface area contributed by atoms with Crippen molar-refractivity contribution in [2.24, 2.45) is 11.8 Å². The molecular formula is C34H45N3O5S. The van der Waals surface area contributed by atoms with Gasteiger partial charge in [0.05, 0.1) is 23.2 Å². The van der Waals surface area contributed by atoms with Crippen molar-refractivity contribution in [3.05, 3.63) is 48.6 Å². The number of aliphatic hydroxyl groups is 1. The highest BCUT2D eigenvalue weighted by molar-refractivity contribution is 8.02. The first kappa shape index (κ1) is 30.3. The number of hydrogen-bond donors (Lipinski definition) is 1. The molecule has 0 radical (unpaired) electrons. The van der Waals surface area contributed by atoms with Crippen LogP contribution >= 0.6 is 11.8 Å². The number of amides is 3. The summed E-state index contributed by atoms with van der Waals surface area (Å²) in [5, 5.41) is 9.05. The molecule has 43 heavy (non-hydrogen) atoms. The Morgan fingerprint density at radius 3 is 2.44 bits per heavy atom. The molecule has 1 aromatic carbocycles. The van der Waals surface area contributed by atoms with Crippen molar-refractivity contribution in [3.8, 4) is 5.75 Å². The normalized spacial score (nSPS) is 30.7. The number of thioether (sulfide) groups is 1. The summed E-state index contributed by atoms with van der Waals surface area (Å²) in [6.07, 6.45) is 17.1. The number of fused-ring (bicyclic) bond motifs is 2. The highest BCUT2D eigenvalue weighted by Gasteiger charge is 2.71. The van der Waals surface area contributed by atoms with E-state index in [1.807, 2.05) is 47.1 Å². The first-order valence-corrected chi connectivity index (χ1v) is 17.2. The molecule has 0 bridgehead atoms. The van der Waals surface area contributed by atoms with Crippen LogP contribution in [-0.2, 0) is 14.4 Å². The number of aliphatic hydroxyl groups excluding tert-OH is 1. The van der Waals surface area contributed by atoms with Gasteiger partial charge in [0.25, 0.3) is 0 Å². The van der Waals surface area contributed by atoms with Crippen LogP contribution in [0.15, 0.2) is 48.6 Å². The zero-order valence-electron chi connectivity index (χ0n) is 25.2. The van der Waals surface area contributed by atoms with Gasteiger partial charge in [-0.3, -0.25) is 14.4 Å². The molecule has 1 spiro atoms. The highest BCUT2D eigenvalue weighted by Crippen LogP contribution is 2.61. The van der Waals surface area contributed by atoms with Crippen LogP contribution in [0.3, 0.4) is 0 Å². The largest absolute Gasteiger partial charge is 0.494 e. The van der Waals surface area contributed by atoms with E-state index in [-0.39, 0.29) is 35.6 Å². The lowest BCUT2D eigenvalue weighted by Gasteiger charge is -2.39. The fraction of sp³-hybridized carbons (Fsp3) is 0.618. The van der Waals surface area contributed by atoms with Crippen molar-refractivity contribution in [1.82, 2.24) is 9.80 Å². The van der Waals surface area contributed by atoms with Crippen molar-refractivity contribution >= 4 is 35.2 Å². The first-order chi connectivity index (χ1) is 21.0. The van der Waals surface area contributed by atoms with Gasteiger partial charge in [-0.2, -0.15) is 0 Å².